The highest BCUT2D eigenvalue weighted by molar-refractivity contribution is 5.92. The number of imidazole rings is 1. The molecule has 90 valence electrons. The number of carbonyl (C=O) groups excluding carboxylic acids is 1. The quantitative estimate of drug-likeness (QED) is 0.809. The summed E-state index contributed by atoms with van der Waals surface area (Å²) in [6, 6.07) is 0. The Labute approximate surface area is 96.3 Å². The fourth-order valence-corrected chi connectivity index (χ4v) is 1.54. The molecule has 0 saturated carbocycles. The first kappa shape index (κ1) is 12.7. The van der Waals surface area contributed by atoms with Gasteiger partial charge in [-0.2, -0.15) is 0 Å². The minimum atomic E-state index is -0.0665. The van der Waals surface area contributed by atoms with Crippen LogP contribution in [0.3, 0.4) is 0 Å². The van der Waals surface area contributed by atoms with Crippen molar-refractivity contribution in [3.05, 3.63) is 18.2 Å². The summed E-state index contributed by atoms with van der Waals surface area (Å²) in [5.74, 6) is -0.0264. The fraction of sp³-hybridized carbons (Fsp3) is 0.636. The SMILES string of the molecule is CN(CC(C)(C)CN)C(=O)c1cncn1C. The molecule has 0 unspecified atom stereocenters. The molecule has 0 aliphatic rings. The van der Waals surface area contributed by atoms with Crippen LogP contribution in [0.2, 0.25) is 0 Å². The molecular formula is C11H20N4O. The zero-order chi connectivity index (χ0) is 12.3. The molecule has 5 heteroatoms. The van der Waals surface area contributed by atoms with Crippen LogP contribution in [0.25, 0.3) is 0 Å². The van der Waals surface area contributed by atoms with Crippen molar-refractivity contribution < 1.29 is 4.79 Å². The number of amides is 1. The van der Waals surface area contributed by atoms with Crippen LogP contribution in [0.4, 0.5) is 0 Å². The number of aryl methyl sites for hydroxylation is 1. The molecule has 0 fully saturated rings. The Bertz CT molecular complexity index is 370. The normalized spacial score (nSPS) is 11.6. The Morgan fingerprint density at radius 1 is 1.62 bits per heavy atom. The summed E-state index contributed by atoms with van der Waals surface area (Å²) < 4.78 is 1.72. The van der Waals surface area contributed by atoms with E-state index in [4.69, 9.17) is 5.73 Å². The van der Waals surface area contributed by atoms with Crippen LogP contribution in [0.5, 0.6) is 0 Å². The van der Waals surface area contributed by atoms with Crippen LogP contribution in [0, 0.1) is 5.41 Å². The van der Waals surface area contributed by atoms with Gasteiger partial charge >= 0.3 is 0 Å². The van der Waals surface area contributed by atoms with Crippen molar-refractivity contribution in [1.29, 1.82) is 0 Å². The first-order valence-corrected chi connectivity index (χ1v) is 5.29. The summed E-state index contributed by atoms with van der Waals surface area (Å²) >= 11 is 0. The van der Waals surface area contributed by atoms with Crippen molar-refractivity contribution in [3.8, 4) is 0 Å². The van der Waals surface area contributed by atoms with Crippen LogP contribution in [0.15, 0.2) is 12.5 Å². The van der Waals surface area contributed by atoms with E-state index in [1.807, 2.05) is 20.9 Å². The predicted molar refractivity (Wildman–Crippen MR) is 63.0 cm³/mol. The molecule has 0 aliphatic heterocycles. The zero-order valence-corrected chi connectivity index (χ0v) is 10.4. The lowest BCUT2D eigenvalue weighted by atomic mass is 9.93. The monoisotopic (exact) mass is 224 g/mol. The molecule has 0 aliphatic carbocycles. The second-order valence-corrected chi connectivity index (χ2v) is 4.92. The van der Waals surface area contributed by atoms with Crippen LogP contribution in [-0.2, 0) is 7.05 Å². The average Bonchev–Trinajstić information content (AvgIpc) is 2.62. The van der Waals surface area contributed by atoms with E-state index in [9.17, 15) is 4.79 Å². The molecule has 0 aromatic carbocycles. The summed E-state index contributed by atoms with van der Waals surface area (Å²) in [4.78, 5) is 17.7. The molecule has 5 nitrogen and oxygen atoms in total. The van der Waals surface area contributed by atoms with Gasteiger partial charge in [0.15, 0.2) is 0 Å². The molecule has 1 heterocycles. The number of rotatable bonds is 4. The molecule has 1 rings (SSSR count). The van der Waals surface area contributed by atoms with Crippen molar-refractivity contribution in [2.45, 2.75) is 13.8 Å². The number of carbonyl (C=O) groups is 1. The van der Waals surface area contributed by atoms with Gasteiger partial charge in [0.1, 0.15) is 5.69 Å². The summed E-state index contributed by atoms with van der Waals surface area (Å²) in [5, 5.41) is 0. The second-order valence-electron chi connectivity index (χ2n) is 4.92. The van der Waals surface area contributed by atoms with Gasteiger partial charge < -0.3 is 15.2 Å². The molecule has 1 aromatic rings. The predicted octanol–water partition coefficient (Wildman–Crippen LogP) is 0.477. The van der Waals surface area contributed by atoms with E-state index < -0.39 is 0 Å². The first-order chi connectivity index (χ1) is 7.37. The van der Waals surface area contributed by atoms with Gasteiger partial charge in [-0.1, -0.05) is 13.8 Å². The Morgan fingerprint density at radius 3 is 2.69 bits per heavy atom. The Hall–Kier alpha value is -1.36. The fourth-order valence-electron chi connectivity index (χ4n) is 1.54. The van der Waals surface area contributed by atoms with Crippen LogP contribution < -0.4 is 5.73 Å². The summed E-state index contributed by atoms with van der Waals surface area (Å²) in [7, 11) is 3.59. The Balaban J connectivity index is 2.73. The molecule has 0 bridgehead atoms. The number of nitrogens with two attached hydrogens (primary N) is 1. The van der Waals surface area contributed by atoms with Crippen molar-refractivity contribution in [2.24, 2.45) is 18.2 Å². The third-order valence-electron chi connectivity index (χ3n) is 2.60. The molecule has 1 aromatic heterocycles. The van der Waals surface area contributed by atoms with Gasteiger partial charge in [-0.25, -0.2) is 4.98 Å². The van der Waals surface area contributed by atoms with E-state index in [1.165, 1.54) is 0 Å². The van der Waals surface area contributed by atoms with Crippen LogP contribution in [0.1, 0.15) is 24.3 Å². The van der Waals surface area contributed by atoms with E-state index in [-0.39, 0.29) is 11.3 Å². The highest BCUT2D eigenvalue weighted by Crippen LogP contribution is 2.15. The van der Waals surface area contributed by atoms with Crippen molar-refractivity contribution in [3.63, 3.8) is 0 Å². The molecule has 0 spiro atoms. The lowest BCUT2D eigenvalue weighted by Gasteiger charge is -2.28. The molecular weight excluding hydrogens is 204 g/mol. The van der Waals surface area contributed by atoms with Gasteiger partial charge in [-0.05, 0) is 12.0 Å². The maximum atomic E-state index is 12.0. The Morgan fingerprint density at radius 2 is 2.25 bits per heavy atom. The third-order valence-corrected chi connectivity index (χ3v) is 2.60. The molecule has 16 heavy (non-hydrogen) atoms. The van der Waals surface area contributed by atoms with Crippen molar-refractivity contribution in [2.75, 3.05) is 20.1 Å². The van der Waals surface area contributed by atoms with Gasteiger partial charge in [0, 0.05) is 20.6 Å². The summed E-state index contributed by atoms with van der Waals surface area (Å²) in [6.07, 6.45) is 3.20. The molecule has 1 amide bonds. The zero-order valence-electron chi connectivity index (χ0n) is 10.4. The van der Waals surface area contributed by atoms with E-state index in [2.05, 4.69) is 4.98 Å². The first-order valence-electron chi connectivity index (χ1n) is 5.29. The van der Waals surface area contributed by atoms with Gasteiger partial charge in [-0.3, -0.25) is 4.79 Å². The third kappa shape index (κ3) is 2.82. The van der Waals surface area contributed by atoms with E-state index in [0.717, 1.165) is 0 Å². The summed E-state index contributed by atoms with van der Waals surface area (Å²) in [6.45, 7) is 5.27. The van der Waals surface area contributed by atoms with Gasteiger partial charge in [0.05, 0.1) is 12.5 Å². The Kier molecular flexibility index (Phi) is 3.70. The second kappa shape index (κ2) is 4.65. The molecule has 0 saturated heterocycles. The van der Waals surface area contributed by atoms with Crippen LogP contribution >= 0.6 is 0 Å². The summed E-state index contributed by atoms with van der Waals surface area (Å²) in [5.41, 5.74) is 6.17. The van der Waals surface area contributed by atoms with Crippen LogP contribution in [-0.4, -0.2) is 40.5 Å². The molecule has 2 N–H and O–H groups in total. The number of nitrogens with zero attached hydrogens (tertiary/aromatic N) is 3. The highest BCUT2D eigenvalue weighted by atomic mass is 16.2. The van der Waals surface area contributed by atoms with Crippen molar-refractivity contribution in [1.82, 2.24) is 14.5 Å². The van der Waals surface area contributed by atoms with Gasteiger partial charge in [0.25, 0.3) is 5.91 Å². The lowest BCUT2D eigenvalue weighted by Crippen LogP contribution is -2.40. The van der Waals surface area contributed by atoms with Gasteiger partial charge in [-0.15, -0.1) is 0 Å². The minimum Gasteiger partial charge on any atom is -0.340 e. The van der Waals surface area contributed by atoms with E-state index in [1.54, 1.807) is 29.0 Å². The highest BCUT2D eigenvalue weighted by Gasteiger charge is 2.23. The van der Waals surface area contributed by atoms with E-state index >= 15 is 0 Å². The number of hydrogen-bond donors (Lipinski definition) is 1. The lowest BCUT2D eigenvalue weighted by molar-refractivity contribution is 0.0731. The topological polar surface area (TPSA) is 64.2 Å². The minimum absolute atomic E-state index is 0.0264. The molecule has 0 radical (unpaired) electrons. The van der Waals surface area contributed by atoms with E-state index in [0.29, 0.717) is 18.8 Å². The number of hydrogen-bond acceptors (Lipinski definition) is 3. The standard InChI is InChI=1S/C11H20N4O/c1-11(2,6-12)7-14(3)10(16)9-5-13-8-15(9)4/h5,8H,6-7,12H2,1-4H3. The largest absolute Gasteiger partial charge is 0.340 e. The maximum absolute atomic E-state index is 12.0. The maximum Gasteiger partial charge on any atom is 0.271 e. The number of aromatic nitrogens is 2. The molecule has 0 atom stereocenters. The van der Waals surface area contributed by atoms with Crippen molar-refractivity contribution >= 4 is 5.91 Å². The van der Waals surface area contributed by atoms with Gasteiger partial charge in [0.2, 0.25) is 0 Å². The average molecular weight is 224 g/mol. The smallest absolute Gasteiger partial charge is 0.271 e.